The highest BCUT2D eigenvalue weighted by Gasteiger charge is 2.49. The molecule has 0 bridgehead atoms. The molecule has 2 aromatic heterocycles. The largest absolute Gasteiger partial charge is 0.508 e. The Morgan fingerprint density at radius 2 is 1.87 bits per heavy atom. The number of likely N-dealkylation sites (tertiary alicyclic amines) is 1. The number of phenolic OH excluding ortho intramolecular Hbond substituents is 1. The second kappa shape index (κ2) is 14.9. The molecule has 4 fully saturated rings. The van der Waals surface area contributed by atoms with Crippen LogP contribution in [0.4, 0.5) is 14.6 Å². The van der Waals surface area contributed by atoms with Gasteiger partial charge in [0.25, 0.3) is 0 Å². The standard InChI is InChI=1S/C40H49F2N5O7/c1-4-27-29(41)9-8-24-17-25(48)18-28(31(24)27)34-33(42)35-32(37(43-34)50-3)36(47-13-14-52-22-39(2,49)21-47)45-38(44-35)54-23-40-10-5-7-30(40)46(12-6-11-40)19-26-20-51-15-16-53-26/h8-9,17-18,26,30,48-49H,4-7,10-16,19-23H2,1-3H3/t26?,30-,39+,40-/m1/s1. The molecule has 3 aliphatic heterocycles. The van der Waals surface area contributed by atoms with E-state index in [0.717, 1.165) is 45.2 Å². The second-order valence-corrected chi connectivity index (χ2v) is 15.5. The molecule has 3 saturated heterocycles. The lowest BCUT2D eigenvalue weighted by molar-refractivity contribution is -0.111. The first-order chi connectivity index (χ1) is 26.1. The average molecular weight is 750 g/mol. The average Bonchev–Trinajstić information content (AvgIpc) is 3.52. The van der Waals surface area contributed by atoms with Crippen molar-refractivity contribution in [3.8, 4) is 28.9 Å². The van der Waals surface area contributed by atoms with Gasteiger partial charge in [0.2, 0.25) is 5.88 Å². The van der Waals surface area contributed by atoms with Crippen LogP contribution in [0, 0.1) is 17.0 Å². The Morgan fingerprint density at radius 1 is 1.02 bits per heavy atom. The quantitative estimate of drug-likeness (QED) is 0.227. The van der Waals surface area contributed by atoms with Crippen LogP contribution in [0.25, 0.3) is 32.9 Å². The maximum absolute atomic E-state index is 17.3. The monoisotopic (exact) mass is 749 g/mol. The summed E-state index contributed by atoms with van der Waals surface area (Å²) in [6.07, 6.45) is 5.46. The minimum absolute atomic E-state index is 0.0115. The van der Waals surface area contributed by atoms with E-state index >= 15 is 8.78 Å². The number of ether oxygens (including phenoxy) is 5. The number of aryl methyl sites for hydroxylation is 1. The third kappa shape index (κ3) is 6.91. The Balaban J connectivity index is 1.24. The van der Waals surface area contributed by atoms with Gasteiger partial charge in [-0.3, -0.25) is 4.90 Å². The number of nitrogens with zero attached hydrogens (tertiary/aromatic N) is 5. The van der Waals surface area contributed by atoms with Crippen LogP contribution < -0.4 is 14.4 Å². The molecule has 2 aromatic carbocycles. The predicted octanol–water partition coefficient (Wildman–Crippen LogP) is 5.42. The van der Waals surface area contributed by atoms with Gasteiger partial charge in [0, 0.05) is 30.1 Å². The summed E-state index contributed by atoms with van der Waals surface area (Å²) < 4.78 is 62.4. The van der Waals surface area contributed by atoms with E-state index in [2.05, 4.69) is 9.88 Å². The lowest BCUT2D eigenvalue weighted by atomic mass is 9.75. The number of benzene rings is 2. The topological polar surface area (TPSA) is 132 Å². The van der Waals surface area contributed by atoms with Crippen molar-refractivity contribution in [2.75, 3.05) is 77.8 Å². The van der Waals surface area contributed by atoms with Gasteiger partial charge < -0.3 is 38.8 Å². The van der Waals surface area contributed by atoms with Crippen molar-refractivity contribution in [3.63, 3.8) is 0 Å². The van der Waals surface area contributed by atoms with Gasteiger partial charge in [-0.1, -0.05) is 19.4 Å². The van der Waals surface area contributed by atoms with Crippen LogP contribution in [0.3, 0.4) is 0 Å². The zero-order valence-electron chi connectivity index (χ0n) is 31.2. The van der Waals surface area contributed by atoms with Crippen LogP contribution >= 0.6 is 0 Å². The summed E-state index contributed by atoms with van der Waals surface area (Å²) >= 11 is 0. The Bertz CT molecular complexity index is 2030. The number of pyridine rings is 1. The first-order valence-corrected chi connectivity index (χ1v) is 19.1. The minimum Gasteiger partial charge on any atom is -0.508 e. The molecule has 0 radical (unpaired) electrons. The van der Waals surface area contributed by atoms with E-state index in [1.54, 1.807) is 13.0 Å². The minimum atomic E-state index is -1.23. The van der Waals surface area contributed by atoms with Crippen molar-refractivity contribution < 1.29 is 42.7 Å². The maximum atomic E-state index is 17.3. The Morgan fingerprint density at radius 3 is 2.67 bits per heavy atom. The molecule has 4 atom stereocenters. The number of phenols is 1. The fourth-order valence-corrected chi connectivity index (χ4v) is 9.28. The van der Waals surface area contributed by atoms with Crippen LogP contribution in [0.1, 0.15) is 51.5 Å². The molecule has 4 aromatic rings. The van der Waals surface area contributed by atoms with E-state index in [9.17, 15) is 10.2 Å². The molecule has 290 valence electrons. The molecule has 0 spiro atoms. The number of halogens is 2. The van der Waals surface area contributed by atoms with E-state index in [1.807, 2.05) is 11.8 Å². The van der Waals surface area contributed by atoms with Crippen molar-refractivity contribution >= 4 is 27.5 Å². The van der Waals surface area contributed by atoms with Gasteiger partial charge >= 0.3 is 6.01 Å². The number of piperidine rings is 1. The lowest BCUT2D eigenvalue weighted by Crippen LogP contribution is -2.54. The molecule has 1 saturated carbocycles. The van der Waals surface area contributed by atoms with Crippen LogP contribution in [-0.4, -0.2) is 121 Å². The van der Waals surface area contributed by atoms with Crippen molar-refractivity contribution in [1.29, 1.82) is 0 Å². The maximum Gasteiger partial charge on any atom is 0.319 e. The van der Waals surface area contributed by atoms with Crippen molar-refractivity contribution in [2.45, 2.75) is 70.1 Å². The molecule has 5 heterocycles. The smallest absolute Gasteiger partial charge is 0.319 e. The molecular formula is C40H49F2N5O7. The van der Waals surface area contributed by atoms with Crippen LogP contribution in [-0.2, 0) is 20.6 Å². The number of aromatic nitrogens is 3. The summed E-state index contributed by atoms with van der Waals surface area (Å²) in [5.41, 5.74) is -1.07. The number of hydrogen-bond acceptors (Lipinski definition) is 12. The highest BCUT2D eigenvalue weighted by molar-refractivity contribution is 6.03. The molecule has 0 amide bonds. The number of rotatable bonds is 9. The predicted molar refractivity (Wildman–Crippen MR) is 198 cm³/mol. The highest BCUT2D eigenvalue weighted by Crippen LogP contribution is 2.49. The van der Waals surface area contributed by atoms with Crippen molar-refractivity contribution in [2.24, 2.45) is 5.41 Å². The van der Waals surface area contributed by atoms with Gasteiger partial charge in [0.15, 0.2) is 5.82 Å². The summed E-state index contributed by atoms with van der Waals surface area (Å²) in [5, 5.41) is 23.1. The van der Waals surface area contributed by atoms with Gasteiger partial charge in [0.05, 0.1) is 59.4 Å². The Kier molecular flexibility index (Phi) is 10.2. The Labute approximate surface area is 313 Å². The highest BCUT2D eigenvalue weighted by atomic mass is 19.1. The van der Waals surface area contributed by atoms with E-state index in [0.29, 0.717) is 62.3 Å². The number of fused-ring (bicyclic) bond motifs is 3. The van der Waals surface area contributed by atoms with E-state index in [-0.39, 0.29) is 76.3 Å². The third-order valence-electron chi connectivity index (χ3n) is 11.6. The van der Waals surface area contributed by atoms with Crippen LogP contribution in [0.5, 0.6) is 17.6 Å². The van der Waals surface area contributed by atoms with E-state index < -0.39 is 17.2 Å². The SMILES string of the molecule is CCc1c(F)ccc2cc(O)cc(-c3nc(OC)c4c(N5CCOC[C@@](C)(O)C5)nc(OC[C@]56CCC[C@H]5N(CC5COCCO5)CCC6)nc4c3F)c12. The van der Waals surface area contributed by atoms with Gasteiger partial charge in [-0.25, -0.2) is 13.8 Å². The summed E-state index contributed by atoms with van der Waals surface area (Å²) in [4.78, 5) is 18.6. The number of aliphatic hydroxyl groups is 1. The lowest BCUT2D eigenvalue weighted by Gasteiger charge is -2.47. The number of β-amino-alcohol motifs (C(OH)–C–C–N with tert-alkyl or cyclic N) is 1. The van der Waals surface area contributed by atoms with Crippen LogP contribution in [0.15, 0.2) is 24.3 Å². The van der Waals surface area contributed by atoms with Gasteiger partial charge in [-0.15, -0.1) is 0 Å². The molecule has 8 rings (SSSR count). The van der Waals surface area contributed by atoms with Gasteiger partial charge in [0.1, 0.15) is 39.6 Å². The fourth-order valence-electron chi connectivity index (χ4n) is 9.28. The molecule has 1 unspecified atom stereocenters. The summed E-state index contributed by atoms with van der Waals surface area (Å²) in [5.74, 6) is -1.04. The zero-order valence-corrected chi connectivity index (χ0v) is 31.2. The molecule has 14 heteroatoms. The van der Waals surface area contributed by atoms with E-state index in [4.69, 9.17) is 33.7 Å². The number of hydrogen-bond donors (Lipinski definition) is 2. The fraction of sp³-hybridized carbons (Fsp3) is 0.575. The molecule has 1 aliphatic carbocycles. The molecule has 54 heavy (non-hydrogen) atoms. The second-order valence-electron chi connectivity index (χ2n) is 15.5. The van der Waals surface area contributed by atoms with Crippen molar-refractivity contribution in [1.82, 2.24) is 19.9 Å². The summed E-state index contributed by atoms with van der Waals surface area (Å²) in [7, 11) is 1.43. The number of methoxy groups -OCH3 is 1. The Hall–Kier alpha value is -3.95. The first-order valence-electron chi connectivity index (χ1n) is 19.1. The zero-order chi connectivity index (χ0) is 37.6. The van der Waals surface area contributed by atoms with Crippen molar-refractivity contribution in [3.05, 3.63) is 41.5 Å². The van der Waals surface area contributed by atoms with Gasteiger partial charge in [-0.2, -0.15) is 9.97 Å². The van der Waals surface area contributed by atoms with Crippen LogP contribution in [0.2, 0.25) is 0 Å². The number of aromatic hydroxyl groups is 1. The summed E-state index contributed by atoms with van der Waals surface area (Å²) in [6, 6.07) is 6.08. The first kappa shape index (κ1) is 37.0. The molecular weight excluding hydrogens is 700 g/mol. The number of anilines is 1. The van der Waals surface area contributed by atoms with Gasteiger partial charge in [-0.05, 0) is 80.1 Å². The molecule has 4 aliphatic rings. The normalized spacial score (nSPS) is 26.6. The molecule has 12 nitrogen and oxygen atoms in total. The third-order valence-corrected chi connectivity index (χ3v) is 11.6. The summed E-state index contributed by atoms with van der Waals surface area (Å²) in [6.45, 7) is 8.33. The van der Waals surface area contributed by atoms with E-state index in [1.165, 1.54) is 25.3 Å². The molecule has 2 N–H and O–H groups in total.